The van der Waals surface area contributed by atoms with Crippen LogP contribution in [0.3, 0.4) is 0 Å². The second-order valence-electron chi connectivity index (χ2n) is 8.69. The van der Waals surface area contributed by atoms with Gasteiger partial charge >= 0.3 is 12.1 Å². The van der Waals surface area contributed by atoms with Crippen molar-refractivity contribution in [3.8, 4) is 0 Å². The van der Waals surface area contributed by atoms with Crippen LogP contribution in [0.4, 0.5) is 4.79 Å². The van der Waals surface area contributed by atoms with Crippen LogP contribution < -0.4 is 0 Å². The summed E-state index contributed by atoms with van der Waals surface area (Å²) in [6.07, 6.45) is 1.52. The van der Waals surface area contributed by atoms with Gasteiger partial charge in [0, 0.05) is 19.6 Å². The zero-order valence-electron chi connectivity index (χ0n) is 17.4. The number of rotatable bonds is 4. The van der Waals surface area contributed by atoms with Gasteiger partial charge < -0.3 is 14.4 Å². The lowest BCUT2D eigenvalue weighted by molar-refractivity contribution is -0.149. The molecule has 0 unspecified atom stereocenters. The Morgan fingerprint density at radius 3 is 2.48 bits per heavy atom. The average molecular weight is 402 g/mol. The molecule has 2 aliphatic rings. The lowest BCUT2D eigenvalue weighted by Crippen LogP contribution is -2.48. The van der Waals surface area contributed by atoms with E-state index in [-0.39, 0.29) is 24.4 Å². The third-order valence-electron chi connectivity index (χ3n) is 5.22. The fraction of sp³-hybridized carbons (Fsp3) is 0.591. The molecule has 2 amide bonds. The molecule has 7 nitrogen and oxygen atoms in total. The van der Waals surface area contributed by atoms with E-state index in [9.17, 15) is 14.4 Å². The van der Waals surface area contributed by atoms with Crippen LogP contribution in [0.15, 0.2) is 30.3 Å². The van der Waals surface area contributed by atoms with Crippen LogP contribution in [-0.2, 0) is 25.7 Å². The van der Waals surface area contributed by atoms with Gasteiger partial charge in [-0.3, -0.25) is 14.5 Å². The smallest absolute Gasteiger partial charge is 0.410 e. The Morgan fingerprint density at radius 1 is 1.07 bits per heavy atom. The molecule has 0 radical (unpaired) electrons. The number of hydrogen-bond donors (Lipinski definition) is 0. The Balaban J connectivity index is 1.53. The van der Waals surface area contributed by atoms with Crippen molar-refractivity contribution in [2.45, 2.75) is 58.3 Å². The van der Waals surface area contributed by atoms with Crippen LogP contribution in [0.1, 0.15) is 45.6 Å². The molecule has 0 saturated carbocycles. The van der Waals surface area contributed by atoms with Crippen LogP contribution in [0, 0.1) is 5.92 Å². The number of esters is 1. The molecule has 2 atom stereocenters. The molecule has 2 saturated heterocycles. The monoisotopic (exact) mass is 402 g/mol. The van der Waals surface area contributed by atoms with Gasteiger partial charge in [0.2, 0.25) is 5.91 Å². The van der Waals surface area contributed by atoms with E-state index < -0.39 is 17.7 Å². The molecular weight excluding hydrogens is 372 g/mol. The molecule has 29 heavy (non-hydrogen) atoms. The minimum atomic E-state index is -0.603. The number of hydrogen-bond acceptors (Lipinski definition) is 5. The number of likely N-dealkylation sites (tertiary alicyclic amines) is 2. The predicted molar refractivity (Wildman–Crippen MR) is 107 cm³/mol. The molecule has 2 heterocycles. The van der Waals surface area contributed by atoms with E-state index in [1.54, 1.807) is 4.90 Å². The van der Waals surface area contributed by atoms with Crippen molar-refractivity contribution in [1.82, 2.24) is 9.80 Å². The first-order valence-corrected chi connectivity index (χ1v) is 10.2. The quantitative estimate of drug-likeness (QED) is 0.724. The molecule has 0 aromatic heterocycles. The fourth-order valence-electron chi connectivity index (χ4n) is 3.77. The topological polar surface area (TPSA) is 76.2 Å². The highest BCUT2D eigenvalue weighted by molar-refractivity contribution is 5.87. The Hall–Kier alpha value is -2.57. The lowest BCUT2D eigenvalue weighted by atomic mass is 10.1. The molecule has 2 aliphatic heterocycles. The summed E-state index contributed by atoms with van der Waals surface area (Å²) in [5.74, 6) is -0.703. The minimum Gasteiger partial charge on any atom is -0.461 e. The summed E-state index contributed by atoms with van der Waals surface area (Å²) in [7, 11) is 0. The van der Waals surface area contributed by atoms with Crippen molar-refractivity contribution in [2.24, 2.45) is 5.92 Å². The summed E-state index contributed by atoms with van der Waals surface area (Å²) >= 11 is 0. The third-order valence-corrected chi connectivity index (χ3v) is 5.22. The van der Waals surface area contributed by atoms with Crippen LogP contribution in [0.25, 0.3) is 0 Å². The van der Waals surface area contributed by atoms with E-state index in [0.717, 1.165) is 12.0 Å². The highest BCUT2D eigenvalue weighted by atomic mass is 16.6. The summed E-state index contributed by atoms with van der Waals surface area (Å²) in [6, 6.07) is 9.01. The molecule has 0 aliphatic carbocycles. The molecule has 1 aromatic rings. The maximum absolute atomic E-state index is 13.0. The van der Waals surface area contributed by atoms with Crippen LogP contribution >= 0.6 is 0 Å². The third kappa shape index (κ3) is 5.49. The second kappa shape index (κ2) is 8.84. The fourth-order valence-corrected chi connectivity index (χ4v) is 3.77. The van der Waals surface area contributed by atoms with Crippen molar-refractivity contribution in [3.05, 3.63) is 35.9 Å². The Bertz CT molecular complexity index is 743. The second-order valence-corrected chi connectivity index (χ2v) is 8.69. The highest BCUT2D eigenvalue weighted by Crippen LogP contribution is 2.26. The van der Waals surface area contributed by atoms with Gasteiger partial charge in [-0.2, -0.15) is 0 Å². The van der Waals surface area contributed by atoms with E-state index >= 15 is 0 Å². The van der Waals surface area contributed by atoms with Gasteiger partial charge in [0.25, 0.3) is 0 Å². The maximum Gasteiger partial charge on any atom is 0.410 e. The van der Waals surface area contributed by atoms with E-state index in [1.165, 1.54) is 4.90 Å². The van der Waals surface area contributed by atoms with Crippen LogP contribution in [-0.4, -0.2) is 59.0 Å². The van der Waals surface area contributed by atoms with Crippen molar-refractivity contribution >= 4 is 18.0 Å². The van der Waals surface area contributed by atoms with Crippen LogP contribution in [0.5, 0.6) is 0 Å². The average Bonchev–Trinajstić information content (AvgIpc) is 3.34. The minimum absolute atomic E-state index is 0.105. The predicted octanol–water partition coefficient (Wildman–Crippen LogP) is 2.98. The molecule has 2 fully saturated rings. The summed E-state index contributed by atoms with van der Waals surface area (Å²) in [6.45, 7) is 7.02. The summed E-state index contributed by atoms with van der Waals surface area (Å²) in [5, 5.41) is 0. The summed E-state index contributed by atoms with van der Waals surface area (Å²) < 4.78 is 10.9. The number of nitrogens with zero attached hydrogens (tertiary/aromatic N) is 2. The van der Waals surface area contributed by atoms with Gasteiger partial charge in [-0.05, 0) is 45.6 Å². The molecular formula is C22H30N2O5. The van der Waals surface area contributed by atoms with E-state index in [0.29, 0.717) is 32.5 Å². The van der Waals surface area contributed by atoms with Crippen LogP contribution in [0.2, 0.25) is 0 Å². The van der Waals surface area contributed by atoms with Gasteiger partial charge in [-0.1, -0.05) is 30.3 Å². The lowest BCUT2D eigenvalue weighted by Gasteiger charge is -2.30. The maximum atomic E-state index is 13.0. The first kappa shape index (κ1) is 21.1. The first-order chi connectivity index (χ1) is 13.7. The number of carbonyl (C=O) groups is 3. The molecule has 0 bridgehead atoms. The van der Waals surface area contributed by atoms with Crippen molar-refractivity contribution in [3.63, 3.8) is 0 Å². The van der Waals surface area contributed by atoms with E-state index in [2.05, 4.69) is 0 Å². The number of carbonyl (C=O) groups excluding carboxylic acids is 3. The van der Waals surface area contributed by atoms with Crippen molar-refractivity contribution < 1.29 is 23.9 Å². The number of ether oxygens (including phenoxy) is 2. The van der Waals surface area contributed by atoms with Gasteiger partial charge in [0.15, 0.2) is 0 Å². The van der Waals surface area contributed by atoms with E-state index in [4.69, 9.17) is 9.47 Å². The SMILES string of the molecule is CC(C)(C)OC(=O)N1CCC[C@@H]1C(=O)N1CC[C@H](C(=O)OCc2ccccc2)C1. The number of benzene rings is 1. The Kier molecular flexibility index (Phi) is 6.45. The Morgan fingerprint density at radius 2 is 1.79 bits per heavy atom. The summed E-state index contributed by atoms with van der Waals surface area (Å²) in [5.41, 5.74) is 0.333. The Labute approximate surface area is 171 Å². The molecule has 1 aromatic carbocycles. The van der Waals surface area contributed by atoms with Gasteiger partial charge in [0.1, 0.15) is 18.2 Å². The highest BCUT2D eigenvalue weighted by Gasteiger charge is 2.41. The standard InChI is InChI=1S/C22H30N2O5/c1-22(2,3)29-21(27)24-12-7-10-18(24)19(25)23-13-11-17(14-23)20(26)28-15-16-8-5-4-6-9-16/h4-6,8-9,17-18H,7,10-15H2,1-3H3/t17-,18+/m0/s1. The zero-order chi connectivity index (χ0) is 21.0. The first-order valence-electron chi connectivity index (χ1n) is 10.2. The van der Waals surface area contributed by atoms with Crippen molar-refractivity contribution in [2.75, 3.05) is 19.6 Å². The molecule has 0 spiro atoms. The van der Waals surface area contributed by atoms with E-state index in [1.807, 2.05) is 51.1 Å². The molecule has 3 rings (SSSR count). The largest absolute Gasteiger partial charge is 0.461 e. The normalized spacial score (nSPS) is 21.9. The molecule has 0 N–H and O–H groups in total. The van der Waals surface area contributed by atoms with Gasteiger partial charge in [0.05, 0.1) is 5.92 Å². The van der Waals surface area contributed by atoms with Gasteiger partial charge in [-0.15, -0.1) is 0 Å². The zero-order valence-corrected chi connectivity index (χ0v) is 17.4. The van der Waals surface area contributed by atoms with Crippen molar-refractivity contribution in [1.29, 1.82) is 0 Å². The molecule has 7 heteroatoms. The number of amides is 2. The summed E-state index contributed by atoms with van der Waals surface area (Å²) in [4.78, 5) is 41.0. The molecule has 158 valence electrons. The van der Waals surface area contributed by atoms with Gasteiger partial charge in [-0.25, -0.2) is 4.79 Å².